The van der Waals surface area contributed by atoms with Crippen molar-refractivity contribution in [3.8, 4) is 0 Å². The van der Waals surface area contributed by atoms with Crippen LogP contribution in [0.5, 0.6) is 0 Å². The normalized spacial score (nSPS) is 7.42. The van der Waals surface area contributed by atoms with E-state index in [0.29, 0.717) is 0 Å². The van der Waals surface area contributed by atoms with Crippen molar-refractivity contribution >= 4 is 7.85 Å². The van der Waals surface area contributed by atoms with E-state index in [1.807, 2.05) is 0 Å². The quantitative estimate of drug-likeness (QED) is 0.648. The molecule has 0 aliphatic heterocycles. The van der Waals surface area contributed by atoms with E-state index in [-0.39, 0.29) is 6.61 Å². The van der Waals surface area contributed by atoms with Gasteiger partial charge in [-0.2, -0.15) is 0 Å². The molecule has 0 unspecified atom stereocenters. The standard InChI is InChI=1S/C4H9B.C4H10.C2H6O/c1-2-3-4-5;1-3-4-2;1-2-3/h2-4H2,1H3;3-4H2,1-2H3;3H,2H2,1H3. The molecule has 1 nitrogen and oxygen atoms in total. The SMILES string of the molecule is CCCC.CCO.[B]CCCC. The predicted molar refractivity (Wildman–Crippen MR) is 58.8 cm³/mol. The summed E-state index contributed by atoms with van der Waals surface area (Å²) in [4.78, 5) is 0. The van der Waals surface area contributed by atoms with E-state index in [1.165, 1.54) is 25.7 Å². The highest BCUT2D eigenvalue weighted by Gasteiger charge is 1.68. The van der Waals surface area contributed by atoms with E-state index < -0.39 is 0 Å². The van der Waals surface area contributed by atoms with Gasteiger partial charge in [0.25, 0.3) is 0 Å². The molecule has 0 fully saturated rings. The summed E-state index contributed by atoms with van der Waals surface area (Å²) in [6, 6.07) is 0. The average molecular weight is 172 g/mol. The number of aliphatic hydroxyl groups is 1. The molecule has 74 valence electrons. The zero-order valence-electron chi connectivity index (χ0n) is 9.27. The van der Waals surface area contributed by atoms with Crippen LogP contribution in [0.3, 0.4) is 0 Å². The Hall–Kier alpha value is 0.0249. The highest BCUT2D eigenvalue weighted by atomic mass is 16.2. The van der Waals surface area contributed by atoms with Crippen molar-refractivity contribution in [2.24, 2.45) is 0 Å². The van der Waals surface area contributed by atoms with E-state index in [9.17, 15) is 0 Å². The molecule has 0 aromatic heterocycles. The van der Waals surface area contributed by atoms with Gasteiger partial charge in [0.05, 0.1) is 7.85 Å². The molecule has 0 atom stereocenters. The molecule has 0 amide bonds. The molecule has 0 heterocycles. The fourth-order valence-electron chi connectivity index (χ4n) is 0.204. The molecule has 0 saturated heterocycles. The van der Waals surface area contributed by atoms with Crippen molar-refractivity contribution < 1.29 is 5.11 Å². The van der Waals surface area contributed by atoms with Gasteiger partial charge in [-0.1, -0.05) is 52.8 Å². The minimum absolute atomic E-state index is 0.250. The van der Waals surface area contributed by atoms with Crippen molar-refractivity contribution in [3.05, 3.63) is 0 Å². The average Bonchev–Trinajstić information content (AvgIpc) is 2.08. The van der Waals surface area contributed by atoms with E-state index >= 15 is 0 Å². The number of hydrogen-bond donors (Lipinski definition) is 1. The van der Waals surface area contributed by atoms with Crippen molar-refractivity contribution in [1.82, 2.24) is 0 Å². The third-order valence-corrected chi connectivity index (χ3v) is 1.06. The van der Waals surface area contributed by atoms with Crippen molar-refractivity contribution in [1.29, 1.82) is 0 Å². The second-order valence-electron chi connectivity index (χ2n) is 2.46. The van der Waals surface area contributed by atoms with Crippen LogP contribution in [0.15, 0.2) is 0 Å². The fourth-order valence-corrected chi connectivity index (χ4v) is 0.204. The Morgan fingerprint density at radius 3 is 1.25 bits per heavy atom. The van der Waals surface area contributed by atoms with Crippen LogP contribution in [0.2, 0.25) is 6.32 Å². The Balaban J connectivity index is -0.000000105. The predicted octanol–water partition coefficient (Wildman–Crippen LogP) is 3.18. The zero-order chi connectivity index (χ0) is 10.2. The van der Waals surface area contributed by atoms with E-state index in [4.69, 9.17) is 13.0 Å². The summed E-state index contributed by atoms with van der Waals surface area (Å²) in [6.45, 7) is 8.42. The molecule has 1 N–H and O–H groups in total. The Labute approximate surface area is 80.0 Å². The van der Waals surface area contributed by atoms with Crippen LogP contribution in [-0.2, 0) is 0 Å². The number of aliphatic hydroxyl groups excluding tert-OH is 1. The van der Waals surface area contributed by atoms with Gasteiger partial charge in [0.2, 0.25) is 0 Å². The summed E-state index contributed by atoms with van der Waals surface area (Å²) >= 11 is 0. The fraction of sp³-hybridized carbons (Fsp3) is 1.00. The van der Waals surface area contributed by atoms with Gasteiger partial charge in [-0.15, -0.1) is 0 Å². The van der Waals surface area contributed by atoms with Gasteiger partial charge in [0.1, 0.15) is 0 Å². The summed E-state index contributed by atoms with van der Waals surface area (Å²) in [5.41, 5.74) is 0. The molecule has 2 radical (unpaired) electrons. The van der Waals surface area contributed by atoms with Crippen LogP contribution in [0.25, 0.3) is 0 Å². The molecule has 12 heavy (non-hydrogen) atoms. The highest BCUT2D eigenvalue weighted by Crippen LogP contribution is 1.86. The van der Waals surface area contributed by atoms with Crippen molar-refractivity contribution in [2.75, 3.05) is 6.61 Å². The second kappa shape index (κ2) is 30.5. The van der Waals surface area contributed by atoms with Gasteiger partial charge in [-0.25, -0.2) is 0 Å². The lowest BCUT2D eigenvalue weighted by Crippen LogP contribution is -1.63. The molecule has 0 rings (SSSR count). The minimum atomic E-state index is 0.250. The van der Waals surface area contributed by atoms with Gasteiger partial charge in [-0.05, 0) is 6.92 Å². The zero-order valence-corrected chi connectivity index (χ0v) is 9.27. The maximum absolute atomic E-state index is 7.57. The van der Waals surface area contributed by atoms with Crippen LogP contribution in [0.4, 0.5) is 0 Å². The molecule has 0 spiro atoms. The maximum atomic E-state index is 7.57. The topological polar surface area (TPSA) is 20.2 Å². The van der Waals surface area contributed by atoms with Crippen LogP contribution >= 0.6 is 0 Å². The third-order valence-electron chi connectivity index (χ3n) is 1.06. The smallest absolute Gasteiger partial charge is 0.0652 e. The maximum Gasteiger partial charge on any atom is 0.0652 e. The molecular weight excluding hydrogens is 147 g/mol. The van der Waals surface area contributed by atoms with Crippen molar-refractivity contribution in [3.63, 3.8) is 0 Å². The number of rotatable bonds is 3. The Kier molecular flexibility index (Phi) is 45.6. The van der Waals surface area contributed by atoms with Crippen LogP contribution in [0.1, 0.15) is 53.4 Å². The van der Waals surface area contributed by atoms with Gasteiger partial charge < -0.3 is 5.11 Å². The van der Waals surface area contributed by atoms with Gasteiger partial charge in [0.15, 0.2) is 0 Å². The molecule has 0 bridgehead atoms. The van der Waals surface area contributed by atoms with Crippen molar-refractivity contribution in [2.45, 2.75) is 59.7 Å². The largest absolute Gasteiger partial charge is 0.397 e. The van der Waals surface area contributed by atoms with Gasteiger partial charge >= 0.3 is 0 Å². The number of unbranched alkanes of at least 4 members (excludes halogenated alkanes) is 2. The first-order chi connectivity index (χ1) is 5.74. The lowest BCUT2D eigenvalue weighted by atomic mass is 10.0. The minimum Gasteiger partial charge on any atom is -0.397 e. The molecule has 0 aliphatic carbocycles. The molecule has 0 saturated carbocycles. The monoisotopic (exact) mass is 172 g/mol. The Morgan fingerprint density at radius 2 is 1.25 bits per heavy atom. The molecule has 2 heteroatoms. The van der Waals surface area contributed by atoms with E-state index in [2.05, 4.69) is 20.8 Å². The second-order valence-corrected chi connectivity index (χ2v) is 2.46. The lowest BCUT2D eigenvalue weighted by molar-refractivity contribution is 0.318. The van der Waals surface area contributed by atoms with E-state index in [1.54, 1.807) is 6.92 Å². The molecular formula is C10H25BO. The summed E-state index contributed by atoms with van der Waals surface area (Å²) in [5, 5.41) is 7.57. The molecule has 0 aliphatic rings. The van der Waals surface area contributed by atoms with Gasteiger partial charge in [0, 0.05) is 6.61 Å². The number of hydrogen-bond acceptors (Lipinski definition) is 1. The lowest BCUT2D eigenvalue weighted by Gasteiger charge is -1.79. The van der Waals surface area contributed by atoms with Crippen LogP contribution < -0.4 is 0 Å². The van der Waals surface area contributed by atoms with Crippen LogP contribution in [-0.4, -0.2) is 19.6 Å². The highest BCUT2D eigenvalue weighted by molar-refractivity contribution is 6.08. The van der Waals surface area contributed by atoms with E-state index in [0.717, 1.165) is 6.32 Å². The summed E-state index contributed by atoms with van der Waals surface area (Å²) in [6.07, 6.45) is 5.87. The first-order valence-corrected chi connectivity index (χ1v) is 5.05. The first-order valence-electron chi connectivity index (χ1n) is 5.05. The molecule has 0 aromatic rings. The Bertz CT molecular complexity index is 36.8. The van der Waals surface area contributed by atoms with Gasteiger partial charge in [-0.3, -0.25) is 0 Å². The van der Waals surface area contributed by atoms with Crippen LogP contribution in [0, 0.1) is 0 Å². The summed E-state index contributed by atoms with van der Waals surface area (Å²) in [7, 11) is 5.14. The summed E-state index contributed by atoms with van der Waals surface area (Å²) in [5.74, 6) is 0. The molecule has 0 aromatic carbocycles. The first kappa shape index (κ1) is 17.9. The summed E-state index contributed by atoms with van der Waals surface area (Å²) < 4.78 is 0. The third kappa shape index (κ3) is 89.2. The Morgan fingerprint density at radius 1 is 0.917 bits per heavy atom.